The third-order valence-electron chi connectivity index (χ3n) is 6.39. The number of furan rings is 1. The van der Waals surface area contributed by atoms with E-state index < -0.39 is 41.6 Å². The largest absolute Gasteiger partial charge is 0.586 e. The second-order valence-electron chi connectivity index (χ2n) is 10.9. The topological polar surface area (TPSA) is 140 Å². The van der Waals surface area contributed by atoms with Crippen LogP contribution < -0.4 is 25.2 Å². The van der Waals surface area contributed by atoms with Crippen molar-refractivity contribution in [1.82, 2.24) is 15.1 Å². The smallest absolute Gasteiger partial charge is 0.448 e. The second-order valence-corrected chi connectivity index (χ2v) is 10.9. The molecule has 0 aliphatic carbocycles. The van der Waals surface area contributed by atoms with E-state index in [0.29, 0.717) is 5.56 Å². The van der Waals surface area contributed by atoms with Gasteiger partial charge >= 0.3 is 6.29 Å². The summed E-state index contributed by atoms with van der Waals surface area (Å²) in [6.07, 6.45) is -3.85. The Balaban J connectivity index is 1.58. The van der Waals surface area contributed by atoms with Gasteiger partial charge in [-0.3, -0.25) is 14.4 Å². The third kappa shape index (κ3) is 5.74. The third-order valence-corrected chi connectivity index (χ3v) is 6.39. The van der Waals surface area contributed by atoms with Crippen molar-refractivity contribution >= 4 is 28.5 Å². The van der Waals surface area contributed by atoms with Crippen LogP contribution in [-0.2, 0) is 11.3 Å². The van der Waals surface area contributed by atoms with E-state index in [-0.39, 0.29) is 50.7 Å². The number of amides is 2. The first kappa shape index (κ1) is 29.2. The van der Waals surface area contributed by atoms with Crippen molar-refractivity contribution < 1.29 is 36.7 Å². The zero-order chi connectivity index (χ0) is 31.4. The number of likely N-dealkylation sites (N-methyl/N-ethyl adjacent to an activating group) is 1. The number of nitrogens with one attached hydrogen (secondary N) is 1. The predicted molar refractivity (Wildman–Crippen MR) is 146 cm³/mol. The highest BCUT2D eigenvalue weighted by Gasteiger charge is 2.44. The van der Waals surface area contributed by atoms with Crippen molar-refractivity contribution in [1.29, 1.82) is 5.26 Å². The molecule has 14 heteroatoms. The average Bonchev–Trinajstić information content (AvgIpc) is 3.48. The number of hydrogen-bond acceptors (Lipinski definition) is 8. The summed E-state index contributed by atoms with van der Waals surface area (Å²) in [6, 6.07) is 8.91. The molecule has 3 heterocycles. The fourth-order valence-corrected chi connectivity index (χ4v) is 4.49. The first-order valence-corrected chi connectivity index (χ1v) is 12.8. The number of alkyl halides is 2. The summed E-state index contributed by atoms with van der Waals surface area (Å²) in [5.74, 6) is -2.77. The molecule has 0 spiro atoms. The van der Waals surface area contributed by atoms with Crippen molar-refractivity contribution in [2.24, 2.45) is 0 Å². The lowest BCUT2D eigenvalue weighted by molar-refractivity contribution is -0.286. The van der Waals surface area contributed by atoms with Crippen LogP contribution in [0.4, 0.5) is 18.9 Å². The van der Waals surface area contributed by atoms with Crippen molar-refractivity contribution in [3.8, 4) is 28.8 Å². The van der Waals surface area contributed by atoms with Crippen molar-refractivity contribution in [2.45, 2.75) is 46.1 Å². The average molecular weight is 596 g/mol. The van der Waals surface area contributed by atoms with E-state index >= 15 is 0 Å². The highest BCUT2D eigenvalue weighted by Crippen LogP contribution is 2.44. The van der Waals surface area contributed by atoms with Crippen LogP contribution in [0, 0.1) is 24.1 Å². The van der Waals surface area contributed by atoms with Crippen LogP contribution >= 0.6 is 0 Å². The maximum atomic E-state index is 14.4. The van der Waals surface area contributed by atoms with Gasteiger partial charge in [0.05, 0.1) is 22.7 Å². The minimum Gasteiger partial charge on any atom is -0.448 e. The molecule has 43 heavy (non-hydrogen) atoms. The van der Waals surface area contributed by atoms with Crippen LogP contribution in [0.1, 0.15) is 42.5 Å². The summed E-state index contributed by atoms with van der Waals surface area (Å²) in [7, 11) is 1.37. The normalized spacial score (nSPS) is 13.6. The quantitative estimate of drug-likeness (QED) is 0.356. The molecule has 0 radical (unpaired) electrons. The van der Waals surface area contributed by atoms with Gasteiger partial charge in [0.15, 0.2) is 22.8 Å². The SMILES string of the molecule is Cc1cc2c(cc1N(C)C(=O)Cn1nc(-c3cc(F)cc(C#N)c3)c3oc(C(=O)NC(C)(C)C)cc3c1=O)OC(F)(F)O2. The van der Waals surface area contributed by atoms with Gasteiger partial charge < -0.3 is 24.1 Å². The number of ether oxygens (including phenoxy) is 2. The van der Waals surface area contributed by atoms with E-state index in [9.17, 15) is 32.8 Å². The summed E-state index contributed by atoms with van der Waals surface area (Å²) < 4.78 is 57.0. The van der Waals surface area contributed by atoms with Crippen LogP contribution in [0.15, 0.2) is 45.6 Å². The first-order valence-electron chi connectivity index (χ1n) is 12.8. The molecule has 5 rings (SSSR count). The fraction of sp³-hybridized carbons (Fsp3) is 0.276. The Morgan fingerprint density at radius 3 is 2.44 bits per heavy atom. The summed E-state index contributed by atoms with van der Waals surface area (Å²) in [5, 5.41) is 16.2. The van der Waals surface area contributed by atoms with Gasteiger partial charge in [-0.25, -0.2) is 9.07 Å². The number of nitrogens with zero attached hydrogens (tertiary/aromatic N) is 4. The standard InChI is InChI=1S/C29H24F3N5O6/c1-14-6-20-21(43-29(31,32)42-20)11-19(14)36(5)23(38)13-37-27(40)18-10-22(26(39)34-28(2,3)4)41-25(18)24(35-37)16-7-15(12-33)8-17(30)9-16/h6-11H,13H2,1-5H3,(H,34,39). The molecule has 0 saturated heterocycles. The number of aromatic nitrogens is 2. The molecule has 1 N–H and O–H groups in total. The number of carbonyl (C=O) groups excluding carboxylic acids is 2. The van der Waals surface area contributed by atoms with Gasteiger partial charge in [0.1, 0.15) is 18.1 Å². The Morgan fingerprint density at radius 2 is 1.79 bits per heavy atom. The molecule has 0 atom stereocenters. The maximum Gasteiger partial charge on any atom is 0.586 e. The van der Waals surface area contributed by atoms with Gasteiger partial charge in [-0.2, -0.15) is 10.4 Å². The number of aryl methyl sites for hydroxylation is 1. The lowest BCUT2D eigenvalue weighted by Crippen LogP contribution is -2.40. The van der Waals surface area contributed by atoms with E-state index in [4.69, 9.17) is 4.42 Å². The van der Waals surface area contributed by atoms with Crippen molar-refractivity contribution in [3.05, 3.63) is 69.5 Å². The summed E-state index contributed by atoms with van der Waals surface area (Å²) in [5.41, 5.74) is -1.06. The fourth-order valence-electron chi connectivity index (χ4n) is 4.49. The minimum absolute atomic E-state index is 0.0420. The molecule has 2 aromatic carbocycles. The van der Waals surface area contributed by atoms with Gasteiger partial charge in [-0.1, -0.05) is 0 Å². The van der Waals surface area contributed by atoms with Gasteiger partial charge in [0.25, 0.3) is 11.5 Å². The Kier molecular flexibility index (Phi) is 6.92. The van der Waals surface area contributed by atoms with Gasteiger partial charge in [-0.05, 0) is 57.5 Å². The summed E-state index contributed by atoms with van der Waals surface area (Å²) in [6.45, 7) is 6.18. The van der Waals surface area contributed by atoms with E-state index in [2.05, 4.69) is 19.9 Å². The second kappa shape index (κ2) is 10.2. The lowest BCUT2D eigenvalue weighted by Gasteiger charge is -2.20. The Morgan fingerprint density at radius 1 is 1.12 bits per heavy atom. The molecule has 222 valence electrons. The Hall–Kier alpha value is -5.32. The molecule has 4 aromatic rings. The number of carbonyl (C=O) groups is 2. The maximum absolute atomic E-state index is 14.4. The van der Waals surface area contributed by atoms with E-state index in [1.807, 2.05) is 6.07 Å². The van der Waals surface area contributed by atoms with Crippen LogP contribution in [0.2, 0.25) is 0 Å². The van der Waals surface area contributed by atoms with E-state index in [0.717, 1.165) is 21.7 Å². The zero-order valence-corrected chi connectivity index (χ0v) is 23.5. The molecular weight excluding hydrogens is 571 g/mol. The molecule has 2 aromatic heterocycles. The van der Waals surface area contributed by atoms with Gasteiger partial charge in [0, 0.05) is 30.3 Å². The van der Waals surface area contributed by atoms with Crippen LogP contribution in [0.3, 0.4) is 0 Å². The number of nitriles is 1. The predicted octanol–water partition coefficient (Wildman–Crippen LogP) is 4.49. The molecule has 2 amide bonds. The number of rotatable bonds is 5. The number of hydrogen-bond donors (Lipinski definition) is 1. The molecular formula is C29H24F3N5O6. The highest BCUT2D eigenvalue weighted by molar-refractivity contribution is 5.99. The number of fused-ring (bicyclic) bond motifs is 2. The molecule has 0 saturated carbocycles. The molecule has 0 unspecified atom stereocenters. The van der Waals surface area contributed by atoms with Crippen molar-refractivity contribution in [2.75, 3.05) is 11.9 Å². The molecule has 11 nitrogen and oxygen atoms in total. The minimum atomic E-state index is -3.85. The number of halogens is 3. The Bertz CT molecular complexity index is 1920. The number of benzene rings is 2. The van der Waals surface area contributed by atoms with Crippen LogP contribution in [-0.4, -0.2) is 40.5 Å². The van der Waals surface area contributed by atoms with Crippen molar-refractivity contribution in [3.63, 3.8) is 0 Å². The summed E-state index contributed by atoms with van der Waals surface area (Å²) in [4.78, 5) is 40.8. The zero-order valence-electron chi connectivity index (χ0n) is 23.5. The van der Waals surface area contributed by atoms with Gasteiger partial charge in [0.2, 0.25) is 5.91 Å². The molecule has 0 bridgehead atoms. The Labute approximate surface area is 242 Å². The monoisotopic (exact) mass is 595 g/mol. The van der Waals surface area contributed by atoms with Gasteiger partial charge in [-0.15, -0.1) is 8.78 Å². The van der Waals surface area contributed by atoms with Crippen LogP contribution in [0.25, 0.3) is 22.2 Å². The van der Waals surface area contributed by atoms with E-state index in [1.54, 1.807) is 27.7 Å². The molecule has 1 aliphatic rings. The van der Waals surface area contributed by atoms with E-state index in [1.165, 1.54) is 31.3 Å². The lowest BCUT2D eigenvalue weighted by atomic mass is 10.1. The molecule has 1 aliphatic heterocycles. The number of anilines is 1. The first-order chi connectivity index (χ1) is 20.0. The highest BCUT2D eigenvalue weighted by atomic mass is 19.3. The molecule has 0 fully saturated rings. The summed E-state index contributed by atoms with van der Waals surface area (Å²) >= 11 is 0. The van der Waals surface area contributed by atoms with Crippen LogP contribution in [0.5, 0.6) is 11.5 Å².